The van der Waals surface area contributed by atoms with Crippen molar-refractivity contribution in [2.24, 2.45) is 10.5 Å². The van der Waals surface area contributed by atoms with E-state index in [1.165, 1.54) is 0 Å². The smallest absolute Gasteiger partial charge is 0.273 e. The van der Waals surface area contributed by atoms with Crippen LogP contribution in [0.4, 0.5) is 0 Å². The predicted molar refractivity (Wildman–Crippen MR) is 149 cm³/mol. The number of ether oxygens (including phenoxy) is 3. The molecule has 2 aromatic rings. The second-order valence-corrected chi connectivity index (χ2v) is 9.87. The van der Waals surface area contributed by atoms with E-state index in [0.717, 1.165) is 23.7 Å². The highest BCUT2D eigenvalue weighted by Crippen LogP contribution is 2.22. The number of carbonyl (C=O) groups excluding carboxylic acids is 2. The van der Waals surface area contributed by atoms with Gasteiger partial charge < -0.3 is 24.8 Å². The summed E-state index contributed by atoms with van der Waals surface area (Å²) >= 11 is 0. The molecule has 0 aliphatic carbocycles. The van der Waals surface area contributed by atoms with E-state index in [-0.39, 0.29) is 11.8 Å². The van der Waals surface area contributed by atoms with E-state index in [0.29, 0.717) is 65.0 Å². The molecule has 2 rings (SSSR count). The first-order valence-electron chi connectivity index (χ1n) is 13.2. The van der Waals surface area contributed by atoms with Crippen molar-refractivity contribution in [1.82, 2.24) is 20.4 Å². The Balaban J connectivity index is 1.81. The molecule has 39 heavy (non-hydrogen) atoms. The number of rotatable bonds is 19. The highest BCUT2D eigenvalue weighted by molar-refractivity contribution is 6.06. The van der Waals surface area contributed by atoms with Crippen LogP contribution in [0.15, 0.2) is 42.0 Å². The first-order chi connectivity index (χ1) is 18.8. The number of amides is 2. The minimum Gasteiger partial charge on any atom is -0.379 e. The summed E-state index contributed by atoms with van der Waals surface area (Å²) in [5.41, 5.74) is 8.83. The van der Waals surface area contributed by atoms with Gasteiger partial charge >= 0.3 is 0 Å². The van der Waals surface area contributed by atoms with Crippen LogP contribution in [0, 0.1) is 5.41 Å². The summed E-state index contributed by atoms with van der Waals surface area (Å²) in [6.45, 7) is 13.0. The van der Waals surface area contributed by atoms with Gasteiger partial charge in [0.1, 0.15) is 6.04 Å². The number of aryl methyl sites for hydroxylation is 1. The molecule has 0 fully saturated rings. The molecular formula is C27H41N7O5. The second-order valence-electron chi connectivity index (χ2n) is 9.87. The van der Waals surface area contributed by atoms with Crippen molar-refractivity contribution in [2.75, 3.05) is 52.7 Å². The molecule has 0 saturated carbocycles. The van der Waals surface area contributed by atoms with Gasteiger partial charge in [-0.2, -0.15) is 5.10 Å². The molecule has 1 aromatic carbocycles. The van der Waals surface area contributed by atoms with Gasteiger partial charge in [0.2, 0.25) is 5.91 Å². The molecule has 0 saturated heterocycles. The molecule has 0 aliphatic rings. The van der Waals surface area contributed by atoms with Crippen molar-refractivity contribution in [3.8, 4) is 0 Å². The Morgan fingerprint density at radius 2 is 1.79 bits per heavy atom. The average molecular weight is 544 g/mol. The van der Waals surface area contributed by atoms with E-state index in [1.54, 1.807) is 0 Å². The lowest BCUT2D eigenvalue weighted by atomic mass is 9.86. The van der Waals surface area contributed by atoms with E-state index in [4.69, 9.17) is 19.7 Å². The molecule has 0 radical (unpaired) electrons. The summed E-state index contributed by atoms with van der Waals surface area (Å²) in [6.07, 6.45) is 3.58. The lowest BCUT2D eigenvalue weighted by molar-refractivity contribution is -0.125. The third kappa shape index (κ3) is 11.1. The normalized spacial score (nSPS) is 12.1. The Bertz CT molecular complexity index is 1110. The van der Waals surface area contributed by atoms with Gasteiger partial charge in [-0.3, -0.25) is 14.3 Å². The van der Waals surface area contributed by atoms with Crippen LogP contribution in [0.1, 0.15) is 44.1 Å². The van der Waals surface area contributed by atoms with Crippen molar-refractivity contribution in [3.63, 3.8) is 0 Å². The third-order valence-electron chi connectivity index (χ3n) is 5.74. The molecule has 0 spiro atoms. The number of fused-ring (bicyclic) bond motifs is 1. The lowest BCUT2D eigenvalue weighted by Crippen LogP contribution is -2.54. The number of allylic oxidation sites excluding steroid dienone is 1. The molecule has 1 atom stereocenters. The van der Waals surface area contributed by atoms with Crippen LogP contribution in [0.3, 0.4) is 0 Å². The topological polar surface area (TPSA) is 152 Å². The fourth-order valence-corrected chi connectivity index (χ4v) is 3.77. The lowest BCUT2D eigenvalue weighted by Gasteiger charge is -2.30. The van der Waals surface area contributed by atoms with Crippen LogP contribution >= 0.6 is 0 Å². The van der Waals surface area contributed by atoms with Gasteiger partial charge in [0.25, 0.3) is 5.91 Å². The summed E-state index contributed by atoms with van der Waals surface area (Å²) in [5, 5.41) is 14.4. The molecule has 12 heteroatoms. The predicted octanol–water partition coefficient (Wildman–Crippen LogP) is 3.62. The number of hydrogen-bond donors (Lipinski definition) is 2. The Labute approximate surface area is 229 Å². The average Bonchev–Trinajstić information content (AvgIpc) is 3.28. The number of carbonyl (C=O) groups is 2. The zero-order chi connectivity index (χ0) is 28.5. The van der Waals surface area contributed by atoms with E-state index < -0.39 is 11.5 Å². The summed E-state index contributed by atoms with van der Waals surface area (Å²) in [6, 6.07) is 6.83. The van der Waals surface area contributed by atoms with Crippen molar-refractivity contribution >= 4 is 22.7 Å². The van der Waals surface area contributed by atoms with Crippen molar-refractivity contribution in [2.45, 2.75) is 46.2 Å². The first kappa shape index (κ1) is 31.8. The fourth-order valence-electron chi connectivity index (χ4n) is 3.77. The van der Waals surface area contributed by atoms with Gasteiger partial charge in [0, 0.05) is 29.9 Å². The van der Waals surface area contributed by atoms with Gasteiger partial charge in [0.05, 0.1) is 45.2 Å². The fraction of sp³-hybridized carbons (Fsp3) is 0.593. The number of para-hydroxylation sites is 1. The van der Waals surface area contributed by atoms with Gasteiger partial charge in [0.15, 0.2) is 5.69 Å². The molecule has 0 aliphatic heterocycles. The number of nitrogens with zero attached hydrogens (tertiary/aromatic N) is 5. The van der Waals surface area contributed by atoms with Crippen molar-refractivity contribution < 1.29 is 23.8 Å². The molecule has 1 aromatic heterocycles. The van der Waals surface area contributed by atoms with Gasteiger partial charge in [-0.1, -0.05) is 50.2 Å². The van der Waals surface area contributed by atoms with Crippen molar-refractivity contribution in [3.05, 3.63) is 53.1 Å². The van der Waals surface area contributed by atoms with Gasteiger partial charge in [-0.15, -0.1) is 6.58 Å². The van der Waals surface area contributed by atoms with Crippen molar-refractivity contribution in [1.29, 1.82) is 0 Å². The number of unbranched alkanes of at least 4 members (excludes halogenated alkanes) is 1. The third-order valence-corrected chi connectivity index (χ3v) is 5.74. The minimum absolute atomic E-state index is 0.289. The number of azide groups is 1. The molecule has 2 amide bonds. The summed E-state index contributed by atoms with van der Waals surface area (Å²) in [5.74, 6) is -0.679. The maximum Gasteiger partial charge on any atom is 0.273 e. The highest BCUT2D eigenvalue weighted by atomic mass is 16.5. The number of hydrogen-bond acceptors (Lipinski definition) is 7. The van der Waals surface area contributed by atoms with E-state index >= 15 is 0 Å². The summed E-state index contributed by atoms with van der Waals surface area (Å²) in [4.78, 5) is 29.0. The SMILES string of the molecule is C=CCCCn1nc(C(=O)NC(C(=O)NCCOCCOCCOCCN=[N+]=[N-])C(C)(C)C)c2ccccc21. The van der Waals surface area contributed by atoms with E-state index in [2.05, 4.69) is 32.3 Å². The Hall–Kier alpha value is -3.44. The van der Waals surface area contributed by atoms with Crippen LogP contribution in [-0.2, 0) is 25.5 Å². The highest BCUT2D eigenvalue weighted by Gasteiger charge is 2.33. The number of aromatic nitrogens is 2. The second kappa shape index (κ2) is 17.2. The molecule has 12 nitrogen and oxygen atoms in total. The summed E-state index contributed by atoms with van der Waals surface area (Å²) < 4.78 is 18.0. The van der Waals surface area contributed by atoms with Gasteiger partial charge in [-0.05, 0) is 29.9 Å². The summed E-state index contributed by atoms with van der Waals surface area (Å²) in [7, 11) is 0. The Morgan fingerprint density at radius 1 is 1.13 bits per heavy atom. The van der Waals surface area contributed by atoms with Crippen LogP contribution in [0.5, 0.6) is 0 Å². The molecule has 2 N–H and O–H groups in total. The molecular weight excluding hydrogens is 502 g/mol. The maximum atomic E-state index is 13.3. The van der Waals surface area contributed by atoms with E-state index in [9.17, 15) is 9.59 Å². The molecule has 1 unspecified atom stereocenters. The largest absolute Gasteiger partial charge is 0.379 e. The van der Waals surface area contributed by atoms with Crippen LogP contribution in [0.2, 0.25) is 0 Å². The first-order valence-corrected chi connectivity index (χ1v) is 13.2. The molecule has 0 bridgehead atoms. The zero-order valence-electron chi connectivity index (χ0n) is 23.2. The number of nitrogens with one attached hydrogen (secondary N) is 2. The van der Waals surface area contributed by atoms with Gasteiger partial charge in [-0.25, -0.2) is 0 Å². The maximum absolute atomic E-state index is 13.3. The molecule has 1 heterocycles. The Kier molecular flexibility index (Phi) is 14.0. The standard InChI is InChI=1S/C27H41N7O5/c1-5-6-9-14-34-22-11-8-7-10-21(22)23(32-34)25(35)31-24(27(2,3)4)26(36)29-12-15-37-17-19-39-20-18-38-16-13-30-33-28/h5,7-8,10-11,24H,1,6,9,12-20H2,2-4H3,(H,29,36)(H,31,35). The number of benzene rings is 1. The van der Waals surface area contributed by atoms with Crippen LogP contribution in [-0.4, -0.2) is 80.4 Å². The van der Waals surface area contributed by atoms with Crippen LogP contribution in [0.25, 0.3) is 21.3 Å². The monoisotopic (exact) mass is 543 g/mol. The molecule has 214 valence electrons. The minimum atomic E-state index is -0.767. The zero-order valence-corrected chi connectivity index (χ0v) is 23.2. The van der Waals surface area contributed by atoms with E-state index in [1.807, 2.05) is 55.8 Å². The quantitative estimate of drug-likeness (QED) is 0.0907. The Morgan fingerprint density at radius 3 is 2.46 bits per heavy atom. The van der Waals surface area contributed by atoms with Crippen LogP contribution < -0.4 is 10.6 Å².